The number of hydrogen-bond donors (Lipinski definition) is 2. The van der Waals surface area contributed by atoms with E-state index in [-0.39, 0.29) is 46.2 Å². The molecule has 0 saturated heterocycles. The minimum absolute atomic E-state index is 0.142. The zero-order chi connectivity index (χ0) is 30.6. The molecule has 0 unspecified atom stereocenters. The third-order valence-electron chi connectivity index (χ3n) is 6.87. The molecule has 2 N–H and O–H groups in total. The first-order valence-electron chi connectivity index (χ1n) is 13.9. The van der Waals surface area contributed by atoms with E-state index in [1.807, 2.05) is 52.8 Å². The number of benzene rings is 1. The van der Waals surface area contributed by atoms with E-state index in [1.165, 1.54) is 41.5 Å². The number of fused-ring (bicyclic) bond motifs is 2. The molecule has 0 bridgehead atoms. The first-order chi connectivity index (χ1) is 19.6. The van der Waals surface area contributed by atoms with Gasteiger partial charge in [0.1, 0.15) is 28.1 Å². The standard InChI is InChI=1S/C30H36FN7O4/c1-17(2)37-26(39)21-15-32-27(35-25(21)38(37)23-11-10-22(31)24(34-23)30(6,7)41)33-20-9-8-19-16-36(13-12-18(19)14-20)28(40)42-29(3,4)5/h8-11,14-15,17,41H,12-13,16H2,1-7H3,(H,32,33,35). The largest absolute Gasteiger partial charge is 0.444 e. The monoisotopic (exact) mass is 577 g/mol. The number of rotatable bonds is 5. The summed E-state index contributed by atoms with van der Waals surface area (Å²) in [7, 11) is 0. The predicted octanol–water partition coefficient (Wildman–Crippen LogP) is 4.96. The van der Waals surface area contributed by atoms with Crippen molar-refractivity contribution in [3.63, 3.8) is 0 Å². The zero-order valence-corrected chi connectivity index (χ0v) is 24.9. The number of anilines is 2. The highest BCUT2D eigenvalue weighted by Gasteiger charge is 2.27. The van der Waals surface area contributed by atoms with Gasteiger partial charge in [0.2, 0.25) is 5.95 Å². The fourth-order valence-corrected chi connectivity index (χ4v) is 4.97. The third-order valence-corrected chi connectivity index (χ3v) is 6.87. The van der Waals surface area contributed by atoms with Crippen LogP contribution in [0.25, 0.3) is 16.9 Å². The lowest BCUT2D eigenvalue weighted by molar-refractivity contribution is 0.0224. The molecule has 5 rings (SSSR count). The Labute approximate surface area is 243 Å². The van der Waals surface area contributed by atoms with Crippen LogP contribution in [-0.2, 0) is 23.3 Å². The van der Waals surface area contributed by atoms with E-state index in [1.54, 1.807) is 4.90 Å². The maximum absolute atomic E-state index is 14.6. The molecule has 0 atom stereocenters. The van der Waals surface area contributed by atoms with E-state index in [2.05, 4.69) is 20.3 Å². The van der Waals surface area contributed by atoms with Crippen molar-refractivity contribution in [2.24, 2.45) is 0 Å². The number of nitrogens with one attached hydrogen (secondary N) is 1. The average molecular weight is 578 g/mol. The van der Waals surface area contributed by atoms with Gasteiger partial charge in [-0.05, 0) is 90.3 Å². The van der Waals surface area contributed by atoms with E-state index in [0.29, 0.717) is 19.5 Å². The van der Waals surface area contributed by atoms with Crippen LogP contribution >= 0.6 is 0 Å². The Kier molecular flexibility index (Phi) is 7.30. The summed E-state index contributed by atoms with van der Waals surface area (Å²) in [4.78, 5) is 41.0. The van der Waals surface area contributed by atoms with Gasteiger partial charge in [-0.25, -0.2) is 28.5 Å². The van der Waals surface area contributed by atoms with Gasteiger partial charge in [-0.15, -0.1) is 0 Å². The Hall–Kier alpha value is -4.32. The lowest BCUT2D eigenvalue weighted by atomic mass is 9.99. The van der Waals surface area contributed by atoms with Crippen LogP contribution < -0.4 is 10.9 Å². The molecule has 1 aliphatic rings. The molecule has 4 aromatic rings. The van der Waals surface area contributed by atoms with Gasteiger partial charge in [0.05, 0.1) is 0 Å². The molecular weight excluding hydrogens is 541 g/mol. The van der Waals surface area contributed by atoms with Crippen molar-refractivity contribution in [1.29, 1.82) is 0 Å². The molecule has 222 valence electrons. The van der Waals surface area contributed by atoms with Crippen molar-refractivity contribution in [2.75, 3.05) is 11.9 Å². The van der Waals surface area contributed by atoms with E-state index in [4.69, 9.17) is 4.74 Å². The lowest BCUT2D eigenvalue weighted by Crippen LogP contribution is -2.39. The summed E-state index contributed by atoms with van der Waals surface area (Å²) in [6.07, 6.45) is 1.79. The van der Waals surface area contributed by atoms with Crippen molar-refractivity contribution < 1.29 is 19.0 Å². The normalized spacial score (nSPS) is 13.9. The second kappa shape index (κ2) is 10.5. The van der Waals surface area contributed by atoms with Crippen molar-refractivity contribution >= 4 is 28.8 Å². The summed E-state index contributed by atoms with van der Waals surface area (Å²) in [6, 6.07) is 8.22. The zero-order valence-electron chi connectivity index (χ0n) is 24.9. The predicted molar refractivity (Wildman–Crippen MR) is 157 cm³/mol. The minimum atomic E-state index is -1.54. The highest BCUT2D eigenvalue weighted by Crippen LogP contribution is 2.27. The molecule has 1 amide bonds. The molecule has 0 fully saturated rings. The lowest BCUT2D eigenvalue weighted by Gasteiger charge is -2.31. The molecule has 4 heterocycles. The molecule has 1 aliphatic heterocycles. The Bertz CT molecular complexity index is 1730. The molecular formula is C30H36FN7O4. The number of halogens is 1. The first kappa shape index (κ1) is 29.2. The number of pyridine rings is 1. The summed E-state index contributed by atoms with van der Waals surface area (Å²) in [5.74, 6) is -0.157. The molecule has 1 aromatic carbocycles. The molecule has 0 aliphatic carbocycles. The van der Waals surface area contributed by atoms with Crippen LogP contribution in [0.3, 0.4) is 0 Å². The highest BCUT2D eigenvalue weighted by molar-refractivity contribution is 5.77. The van der Waals surface area contributed by atoms with Gasteiger partial charge in [-0.1, -0.05) is 6.07 Å². The van der Waals surface area contributed by atoms with Crippen LogP contribution in [0.2, 0.25) is 0 Å². The fourth-order valence-electron chi connectivity index (χ4n) is 4.97. The SMILES string of the molecule is CC(C)n1c(=O)c2cnc(Nc3ccc4c(c3)CCN(C(=O)OC(C)(C)C)C4)nc2n1-c1ccc(F)c(C(C)(C)O)n1. The summed E-state index contributed by atoms with van der Waals surface area (Å²) in [5.41, 5.74) is 0.614. The molecule has 11 nitrogen and oxygen atoms in total. The number of aliphatic hydroxyl groups is 1. The molecule has 0 saturated carbocycles. The van der Waals surface area contributed by atoms with Crippen LogP contribution in [-0.4, -0.2) is 52.6 Å². The first-order valence-corrected chi connectivity index (χ1v) is 13.9. The third kappa shape index (κ3) is 5.71. The summed E-state index contributed by atoms with van der Waals surface area (Å²) < 4.78 is 23.1. The highest BCUT2D eigenvalue weighted by atomic mass is 19.1. The Morgan fingerprint density at radius 3 is 2.50 bits per heavy atom. The van der Waals surface area contributed by atoms with Crippen molar-refractivity contribution in [2.45, 2.75) is 78.7 Å². The number of carbonyl (C=O) groups excluding carboxylic acids is 1. The van der Waals surface area contributed by atoms with Crippen molar-refractivity contribution in [3.05, 3.63) is 69.5 Å². The van der Waals surface area contributed by atoms with Gasteiger partial charge in [0, 0.05) is 31.0 Å². The van der Waals surface area contributed by atoms with Crippen molar-refractivity contribution in [3.8, 4) is 5.82 Å². The maximum Gasteiger partial charge on any atom is 0.410 e. The van der Waals surface area contributed by atoms with Gasteiger partial charge < -0.3 is 20.1 Å². The molecule has 3 aromatic heterocycles. The Morgan fingerprint density at radius 2 is 1.83 bits per heavy atom. The van der Waals surface area contributed by atoms with Gasteiger partial charge in [0.15, 0.2) is 11.5 Å². The fraction of sp³-hybridized carbons (Fsp3) is 0.433. The van der Waals surface area contributed by atoms with Crippen LogP contribution in [0, 0.1) is 5.82 Å². The van der Waals surface area contributed by atoms with E-state index in [0.717, 1.165) is 16.8 Å². The van der Waals surface area contributed by atoms with Crippen LogP contribution in [0.15, 0.2) is 41.3 Å². The number of amides is 1. The van der Waals surface area contributed by atoms with Gasteiger partial charge >= 0.3 is 6.09 Å². The second-order valence-electron chi connectivity index (χ2n) is 12.3. The topological polar surface area (TPSA) is 127 Å². The Balaban J connectivity index is 1.49. The molecule has 0 spiro atoms. The van der Waals surface area contributed by atoms with Crippen molar-refractivity contribution in [1.82, 2.24) is 29.2 Å². The number of hydrogen-bond acceptors (Lipinski definition) is 8. The summed E-state index contributed by atoms with van der Waals surface area (Å²) in [5, 5.41) is 14.0. The van der Waals surface area contributed by atoms with E-state index >= 15 is 0 Å². The number of carbonyl (C=O) groups is 1. The summed E-state index contributed by atoms with van der Waals surface area (Å²) >= 11 is 0. The van der Waals surface area contributed by atoms with Gasteiger partial charge in [-0.2, -0.15) is 4.98 Å². The van der Waals surface area contributed by atoms with E-state index in [9.17, 15) is 19.1 Å². The maximum atomic E-state index is 14.6. The number of aromatic nitrogens is 5. The van der Waals surface area contributed by atoms with Crippen LogP contribution in [0.1, 0.15) is 71.3 Å². The Morgan fingerprint density at radius 1 is 1.10 bits per heavy atom. The van der Waals surface area contributed by atoms with Crippen LogP contribution in [0.4, 0.5) is 20.8 Å². The molecule has 12 heteroatoms. The van der Waals surface area contributed by atoms with Crippen LogP contribution in [0.5, 0.6) is 0 Å². The average Bonchev–Trinajstić information content (AvgIpc) is 3.18. The number of nitrogens with zero attached hydrogens (tertiary/aromatic N) is 6. The summed E-state index contributed by atoms with van der Waals surface area (Å²) in [6.45, 7) is 13.1. The molecule has 42 heavy (non-hydrogen) atoms. The smallest absolute Gasteiger partial charge is 0.410 e. The van der Waals surface area contributed by atoms with Gasteiger partial charge in [0.25, 0.3) is 5.56 Å². The second-order valence-corrected chi connectivity index (χ2v) is 12.3. The van der Waals surface area contributed by atoms with E-state index < -0.39 is 17.0 Å². The quantitative estimate of drug-likeness (QED) is 0.341. The molecule has 0 radical (unpaired) electrons. The van der Waals surface area contributed by atoms with Gasteiger partial charge in [-0.3, -0.25) is 4.79 Å². The number of ether oxygens (including phenoxy) is 1. The minimum Gasteiger partial charge on any atom is -0.444 e.